The molecule has 2 heterocycles. The molecule has 294 valence electrons. The van der Waals surface area contributed by atoms with Gasteiger partial charge in [-0.1, -0.05) is 115 Å². The zero-order chi connectivity index (χ0) is 41.3. The summed E-state index contributed by atoms with van der Waals surface area (Å²) in [5, 5.41) is 8.77. The molecule has 2 aromatic heterocycles. The molecule has 0 aliphatic heterocycles. The molecule has 0 spiro atoms. The number of hydrogen-bond acceptors (Lipinski definition) is 4. The number of anilines is 6. The van der Waals surface area contributed by atoms with E-state index < -0.39 is 0 Å². The Labute approximate surface area is 359 Å². The molecule has 0 fully saturated rings. The van der Waals surface area contributed by atoms with Gasteiger partial charge in [-0.25, -0.2) is 0 Å². The SMILES string of the molecule is Cc1ccccc1N(c1ccccc1)c1ccc2cc3c(cc2c1)oc1cc(-c2ccccc2)c2oc4cc5cc(N(c6ccccc6)c6ccccc6C)ccc5cc4c2c13. The number of furan rings is 2. The third-order valence-corrected chi connectivity index (χ3v) is 12.4. The van der Waals surface area contributed by atoms with Gasteiger partial charge in [0.2, 0.25) is 0 Å². The first-order valence-electron chi connectivity index (χ1n) is 21.2. The minimum Gasteiger partial charge on any atom is -0.456 e. The maximum Gasteiger partial charge on any atom is 0.144 e. The summed E-state index contributed by atoms with van der Waals surface area (Å²) in [7, 11) is 0. The van der Waals surface area contributed by atoms with Gasteiger partial charge < -0.3 is 18.6 Å². The highest BCUT2D eigenvalue weighted by atomic mass is 16.3. The van der Waals surface area contributed by atoms with Gasteiger partial charge in [-0.2, -0.15) is 0 Å². The molecule has 0 radical (unpaired) electrons. The van der Waals surface area contributed by atoms with Gasteiger partial charge in [0.25, 0.3) is 0 Å². The highest BCUT2D eigenvalue weighted by Crippen LogP contribution is 2.47. The van der Waals surface area contributed by atoms with Crippen LogP contribution >= 0.6 is 0 Å². The van der Waals surface area contributed by atoms with Crippen molar-refractivity contribution in [3.8, 4) is 11.1 Å². The Bertz CT molecular complexity index is 3660. The van der Waals surface area contributed by atoms with E-state index in [1.165, 1.54) is 11.1 Å². The molecule has 0 aliphatic carbocycles. The van der Waals surface area contributed by atoms with Gasteiger partial charge in [-0.05, 0) is 143 Å². The first kappa shape index (κ1) is 35.8. The lowest BCUT2D eigenvalue weighted by Gasteiger charge is -2.27. The minimum absolute atomic E-state index is 0.836. The van der Waals surface area contributed by atoms with Crippen LogP contribution in [0.3, 0.4) is 0 Å². The second-order valence-corrected chi connectivity index (χ2v) is 16.2. The number of hydrogen-bond donors (Lipinski definition) is 0. The summed E-state index contributed by atoms with van der Waals surface area (Å²) in [5.41, 5.74) is 14.6. The maximum atomic E-state index is 7.02. The first-order chi connectivity index (χ1) is 30.6. The van der Waals surface area contributed by atoms with E-state index in [1.807, 2.05) is 0 Å². The molecular formula is C58H40N2O2. The van der Waals surface area contributed by atoms with Crippen LogP contribution in [-0.4, -0.2) is 0 Å². The van der Waals surface area contributed by atoms with Gasteiger partial charge in [0.15, 0.2) is 0 Å². The summed E-state index contributed by atoms with van der Waals surface area (Å²) in [5.74, 6) is 0. The third kappa shape index (κ3) is 5.83. The van der Waals surface area contributed by atoms with Gasteiger partial charge in [-0.3, -0.25) is 0 Å². The highest BCUT2D eigenvalue weighted by molar-refractivity contribution is 6.30. The van der Waals surface area contributed by atoms with Crippen LogP contribution in [0, 0.1) is 13.8 Å². The van der Waals surface area contributed by atoms with Crippen molar-refractivity contribution in [3.05, 3.63) is 217 Å². The van der Waals surface area contributed by atoms with E-state index in [1.54, 1.807) is 0 Å². The van der Waals surface area contributed by atoms with E-state index in [9.17, 15) is 0 Å². The van der Waals surface area contributed by atoms with Gasteiger partial charge in [0, 0.05) is 61.2 Å². The summed E-state index contributed by atoms with van der Waals surface area (Å²) in [6, 6.07) is 73.4. The summed E-state index contributed by atoms with van der Waals surface area (Å²) in [4.78, 5) is 4.67. The Morgan fingerprint density at radius 1 is 0.339 bits per heavy atom. The van der Waals surface area contributed by atoms with Crippen LogP contribution in [0.25, 0.3) is 76.5 Å². The predicted molar refractivity (Wildman–Crippen MR) is 260 cm³/mol. The summed E-state index contributed by atoms with van der Waals surface area (Å²) in [6.45, 7) is 4.34. The largest absolute Gasteiger partial charge is 0.456 e. The molecule has 4 nitrogen and oxygen atoms in total. The zero-order valence-corrected chi connectivity index (χ0v) is 34.3. The Kier molecular flexibility index (Phi) is 8.26. The lowest BCUT2D eigenvalue weighted by atomic mass is 9.96. The van der Waals surface area contributed by atoms with Crippen molar-refractivity contribution < 1.29 is 8.83 Å². The van der Waals surface area contributed by atoms with Crippen molar-refractivity contribution >= 4 is 99.5 Å². The van der Waals surface area contributed by atoms with Crippen LogP contribution < -0.4 is 9.80 Å². The van der Waals surface area contributed by atoms with Gasteiger partial charge >= 0.3 is 0 Å². The molecule has 0 bridgehead atoms. The Morgan fingerprint density at radius 3 is 1.34 bits per heavy atom. The molecule has 0 atom stereocenters. The fourth-order valence-corrected chi connectivity index (χ4v) is 9.42. The molecule has 12 aromatic rings. The number of aryl methyl sites for hydroxylation is 2. The number of fused-ring (bicyclic) bond motifs is 9. The van der Waals surface area contributed by atoms with E-state index >= 15 is 0 Å². The van der Waals surface area contributed by atoms with Crippen LogP contribution in [0.1, 0.15) is 11.1 Å². The first-order valence-corrected chi connectivity index (χ1v) is 21.2. The van der Waals surface area contributed by atoms with Crippen LogP contribution in [0.5, 0.6) is 0 Å². The van der Waals surface area contributed by atoms with Gasteiger partial charge in [-0.15, -0.1) is 0 Å². The standard InChI is InChI=1S/C58H40N2O2/c1-37-16-12-14-24-51(37)59(44-20-8-4-9-21-44)46-28-26-40-32-49-53(34-42(40)30-46)61-55-36-48(39-18-6-3-7-19-39)58-57(56(49)55)50-33-41-27-29-47(31-43(41)35-54(50)62-58)60(45-22-10-5-11-23-45)52-25-15-13-17-38(52)2/h3-36H,1-2H3. The van der Waals surface area contributed by atoms with E-state index in [0.717, 1.165) is 111 Å². The molecule has 10 aromatic carbocycles. The van der Waals surface area contributed by atoms with Crippen LogP contribution in [0.15, 0.2) is 215 Å². The fourth-order valence-electron chi connectivity index (χ4n) is 9.42. The smallest absolute Gasteiger partial charge is 0.144 e. The molecule has 4 heteroatoms. The number of rotatable bonds is 7. The molecule has 0 amide bonds. The summed E-state index contributed by atoms with van der Waals surface area (Å²) in [6.07, 6.45) is 0. The van der Waals surface area contributed by atoms with E-state index in [0.29, 0.717) is 0 Å². The lowest BCUT2D eigenvalue weighted by Crippen LogP contribution is -2.11. The fraction of sp³-hybridized carbons (Fsp3) is 0.0345. The van der Waals surface area contributed by atoms with Gasteiger partial charge in [0.1, 0.15) is 22.3 Å². The highest BCUT2D eigenvalue weighted by Gasteiger charge is 2.23. The molecule has 12 rings (SSSR count). The second-order valence-electron chi connectivity index (χ2n) is 16.2. The number of benzene rings is 10. The maximum absolute atomic E-state index is 7.02. The molecular weight excluding hydrogens is 757 g/mol. The van der Waals surface area contributed by atoms with Crippen molar-refractivity contribution in [2.24, 2.45) is 0 Å². The van der Waals surface area contributed by atoms with Crippen molar-refractivity contribution in [3.63, 3.8) is 0 Å². The van der Waals surface area contributed by atoms with Gasteiger partial charge in [0.05, 0.1) is 0 Å². The zero-order valence-electron chi connectivity index (χ0n) is 34.3. The minimum atomic E-state index is 0.836. The van der Waals surface area contributed by atoms with Crippen LogP contribution in [-0.2, 0) is 0 Å². The van der Waals surface area contributed by atoms with Crippen molar-refractivity contribution in [1.82, 2.24) is 0 Å². The molecule has 62 heavy (non-hydrogen) atoms. The lowest BCUT2D eigenvalue weighted by molar-refractivity contribution is 0.664. The Hall–Kier alpha value is -8.08. The summed E-state index contributed by atoms with van der Waals surface area (Å²) >= 11 is 0. The van der Waals surface area contributed by atoms with Crippen LogP contribution in [0.2, 0.25) is 0 Å². The van der Waals surface area contributed by atoms with Crippen LogP contribution in [0.4, 0.5) is 34.1 Å². The average Bonchev–Trinajstić information content (AvgIpc) is 3.86. The topological polar surface area (TPSA) is 32.8 Å². The summed E-state index contributed by atoms with van der Waals surface area (Å²) < 4.78 is 13.9. The number of para-hydroxylation sites is 4. The van der Waals surface area contributed by atoms with E-state index in [2.05, 4.69) is 230 Å². The van der Waals surface area contributed by atoms with E-state index in [-0.39, 0.29) is 0 Å². The Balaban J connectivity index is 1.07. The van der Waals surface area contributed by atoms with Crippen molar-refractivity contribution in [1.29, 1.82) is 0 Å². The third-order valence-electron chi connectivity index (χ3n) is 12.4. The van der Waals surface area contributed by atoms with E-state index in [4.69, 9.17) is 8.83 Å². The Morgan fingerprint density at radius 2 is 0.806 bits per heavy atom. The molecule has 0 unspecified atom stereocenters. The predicted octanol–water partition coefficient (Wildman–Crippen LogP) is 17.0. The van der Waals surface area contributed by atoms with Crippen molar-refractivity contribution in [2.45, 2.75) is 13.8 Å². The molecule has 0 aliphatic rings. The van der Waals surface area contributed by atoms with Crippen molar-refractivity contribution in [2.75, 3.05) is 9.80 Å². The average molecular weight is 797 g/mol. The quantitative estimate of drug-likeness (QED) is 0.161. The normalized spacial score (nSPS) is 11.7. The molecule has 0 saturated heterocycles. The molecule has 0 N–H and O–H groups in total. The molecule has 0 saturated carbocycles. The second kappa shape index (κ2) is 14.3. The monoisotopic (exact) mass is 796 g/mol. The number of nitrogens with zero attached hydrogens (tertiary/aromatic N) is 2.